The molecule has 2 aliphatic carbocycles. The molecule has 4 heterocycles. The minimum absolute atomic E-state index is 0.334. The van der Waals surface area contributed by atoms with Crippen molar-refractivity contribution in [2.24, 2.45) is 11.8 Å². The lowest BCUT2D eigenvalue weighted by molar-refractivity contribution is -0.0404. The molecule has 3 aromatic heterocycles. The van der Waals surface area contributed by atoms with Gasteiger partial charge in [-0.1, -0.05) is 23.6 Å². The summed E-state index contributed by atoms with van der Waals surface area (Å²) in [5, 5.41) is 30.3. The standard InChI is InChI=1S/C30H37N7O3/c1-15-7-16(2)9-21(8-15)27-33-28(32-22-12-19-5-6-20(22)11-19)24-29(34-27)36(14-31-24)30-26(39)25(38)23(40-30)13-37-18(4)10-17(3)35-37/h7-10,14,19-20,22-23,25-26,30,38-39H,5-6,11-13H2,1-4H3,(H,32,33,34)/t19?,20?,22?,23-,25-,26-,30-/m1/s1. The molecule has 0 radical (unpaired) electrons. The van der Waals surface area contributed by atoms with Crippen LogP contribution in [0.5, 0.6) is 0 Å². The van der Waals surface area contributed by atoms with Crippen LogP contribution in [0.3, 0.4) is 0 Å². The van der Waals surface area contributed by atoms with Crippen molar-refractivity contribution in [3.63, 3.8) is 0 Å². The number of hydrogen-bond acceptors (Lipinski definition) is 8. The first-order valence-electron chi connectivity index (χ1n) is 14.4. The summed E-state index contributed by atoms with van der Waals surface area (Å²) < 4.78 is 9.83. The number of hydrogen-bond donors (Lipinski definition) is 3. The lowest BCUT2D eigenvalue weighted by atomic mass is 9.95. The van der Waals surface area contributed by atoms with Crippen molar-refractivity contribution in [3.8, 4) is 11.4 Å². The van der Waals surface area contributed by atoms with Crippen molar-refractivity contribution in [2.45, 2.75) is 90.5 Å². The second-order valence-electron chi connectivity index (χ2n) is 12.2. The lowest BCUT2D eigenvalue weighted by Gasteiger charge is -2.24. The fourth-order valence-corrected chi connectivity index (χ4v) is 7.17. The van der Waals surface area contributed by atoms with Gasteiger partial charge in [0.2, 0.25) is 0 Å². The van der Waals surface area contributed by atoms with Gasteiger partial charge in [0.25, 0.3) is 0 Å². The third-order valence-corrected chi connectivity index (χ3v) is 9.03. The van der Waals surface area contributed by atoms with Crippen LogP contribution >= 0.6 is 0 Å². The first kappa shape index (κ1) is 25.6. The van der Waals surface area contributed by atoms with Gasteiger partial charge in [0.15, 0.2) is 29.0 Å². The van der Waals surface area contributed by atoms with E-state index in [1.54, 1.807) is 10.9 Å². The third-order valence-electron chi connectivity index (χ3n) is 9.03. The molecule has 7 atom stereocenters. The van der Waals surface area contributed by atoms with E-state index in [2.05, 4.69) is 42.5 Å². The Morgan fingerprint density at radius 3 is 2.45 bits per heavy atom. The Morgan fingerprint density at radius 1 is 0.975 bits per heavy atom. The van der Waals surface area contributed by atoms with Crippen LogP contribution in [-0.2, 0) is 11.3 Å². The van der Waals surface area contributed by atoms with Gasteiger partial charge in [-0.05, 0) is 77.0 Å². The van der Waals surface area contributed by atoms with Crippen molar-refractivity contribution in [1.29, 1.82) is 0 Å². The number of anilines is 1. The smallest absolute Gasteiger partial charge is 0.168 e. The van der Waals surface area contributed by atoms with Crippen molar-refractivity contribution >= 4 is 17.0 Å². The average molecular weight is 544 g/mol. The van der Waals surface area contributed by atoms with E-state index in [0.29, 0.717) is 41.3 Å². The van der Waals surface area contributed by atoms with Gasteiger partial charge in [-0.2, -0.15) is 5.10 Å². The van der Waals surface area contributed by atoms with Crippen molar-refractivity contribution in [2.75, 3.05) is 5.32 Å². The van der Waals surface area contributed by atoms with Gasteiger partial charge >= 0.3 is 0 Å². The SMILES string of the molecule is Cc1cc(C)cc(-c2nc(NC3CC4CCC3C4)c3ncn([C@@H]4O[C@H](Cn5nc(C)cc5C)[C@@H](O)[C@H]4O)c3n2)c1. The number of nitrogens with one attached hydrogen (secondary N) is 1. The minimum atomic E-state index is -1.15. The summed E-state index contributed by atoms with van der Waals surface area (Å²) in [5.74, 6) is 2.76. The van der Waals surface area contributed by atoms with E-state index in [4.69, 9.17) is 19.7 Å². The first-order chi connectivity index (χ1) is 19.2. The number of aromatic nitrogens is 6. The summed E-state index contributed by atoms with van der Waals surface area (Å²) in [7, 11) is 0. The Labute approximate surface area is 233 Å². The van der Waals surface area contributed by atoms with E-state index >= 15 is 0 Å². The molecule has 1 aliphatic heterocycles. The molecule has 2 saturated carbocycles. The lowest BCUT2D eigenvalue weighted by Crippen LogP contribution is -2.34. The minimum Gasteiger partial charge on any atom is -0.387 e. The zero-order valence-corrected chi connectivity index (χ0v) is 23.4. The Hall–Kier alpha value is -3.34. The van der Waals surface area contributed by atoms with Gasteiger partial charge in [-0.25, -0.2) is 15.0 Å². The van der Waals surface area contributed by atoms with Crippen LogP contribution in [0.2, 0.25) is 0 Å². The maximum absolute atomic E-state index is 11.1. The highest BCUT2D eigenvalue weighted by atomic mass is 16.6. The quantitative estimate of drug-likeness (QED) is 0.335. The predicted molar refractivity (Wildman–Crippen MR) is 151 cm³/mol. The molecule has 210 valence electrons. The number of aliphatic hydroxyl groups is 2. The molecule has 40 heavy (non-hydrogen) atoms. The predicted octanol–water partition coefficient (Wildman–Crippen LogP) is 3.84. The summed E-state index contributed by atoms with van der Waals surface area (Å²) in [6.07, 6.45) is 2.93. The number of rotatable bonds is 6. The number of ether oxygens (including phenoxy) is 1. The van der Waals surface area contributed by atoms with E-state index in [-0.39, 0.29) is 0 Å². The van der Waals surface area contributed by atoms with E-state index in [1.807, 2.05) is 24.6 Å². The number of benzene rings is 1. The second kappa shape index (κ2) is 9.64. The molecule has 10 heteroatoms. The molecule has 2 bridgehead atoms. The fourth-order valence-electron chi connectivity index (χ4n) is 7.17. The molecule has 1 saturated heterocycles. The van der Waals surface area contributed by atoms with Crippen LogP contribution in [0.15, 0.2) is 30.6 Å². The van der Waals surface area contributed by atoms with Gasteiger partial charge in [-0.3, -0.25) is 9.25 Å². The Balaban J connectivity index is 1.27. The number of aliphatic hydroxyl groups excluding tert-OH is 2. The summed E-state index contributed by atoms with van der Waals surface area (Å²) >= 11 is 0. The maximum Gasteiger partial charge on any atom is 0.168 e. The zero-order chi connectivity index (χ0) is 27.7. The van der Waals surface area contributed by atoms with Crippen LogP contribution in [0.25, 0.3) is 22.6 Å². The average Bonchev–Trinajstić information content (AvgIpc) is 3.72. The van der Waals surface area contributed by atoms with E-state index in [9.17, 15) is 10.2 Å². The summed E-state index contributed by atoms with van der Waals surface area (Å²) in [4.78, 5) is 14.7. The molecule has 0 amide bonds. The molecule has 7 rings (SSSR count). The molecule has 1 aromatic carbocycles. The number of imidazole rings is 1. The first-order valence-corrected chi connectivity index (χ1v) is 14.4. The van der Waals surface area contributed by atoms with E-state index < -0.39 is 24.5 Å². The number of aryl methyl sites for hydroxylation is 4. The van der Waals surface area contributed by atoms with Gasteiger partial charge in [0.1, 0.15) is 18.3 Å². The van der Waals surface area contributed by atoms with Crippen molar-refractivity contribution < 1.29 is 14.9 Å². The monoisotopic (exact) mass is 543 g/mol. The van der Waals surface area contributed by atoms with Crippen LogP contribution in [0.4, 0.5) is 5.82 Å². The highest BCUT2D eigenvalue weighted by Gasteiger charge is 2.45. The fraction of sp³-hybridized carbons (Fsp3) is 0.533. The maximum atomic E-state index is 11.1. The summed E-state index contributed by atoms with van der Waals surface area (Å²) in [6.45, 7) is 8.37. The van der Waals surface area contributed by atoms with Crippen LogP contribution in [0, 0.1) is 39.5 Å². The normalized spacial score (nSPS) is 29.6. The topological polar surface area (TPSA) is 123 Å². The molecule has 10 nitrogen and oxygen atoms in total. The summed E-state index contributed by atoms with van der Waals surface area (Å²) in [6, 6.07) is 8.66. The molecule has 4 aromatic rings. The highest BCUT2D eigenvalue weighted by molar-refractivity contribution is 5.85. The number of nitrogens with zero attached hydrogens (tertiary/aromatic N) is 6. The highest BCUT2D eigenvalue weighted by Crippen LogP contribution is 2.46. The molecule has 3 fully saturated rings. The van der Waals surface area contributed by atoms with Gasteiger partial charge in [0, 0.05) is 17.3 Å². The van der Waals surface area contributed by atoms with Gasteiger partial charge < -0.3 is 20.3 Å². The third kappa shape index (κ3) is 4.38. The number of fused-ring (bicyclic) bond motifs is 3. The molecule has 0 spiro atoms. The Morgan fingerprint density at radius 2 is 1.77 bits per heavy atom. The molecular weight excluding hydrogens is 506 g/mol. The largest absolute Gasteiger partial charge is 0.387 e. The molecule has 3 aliphatic rings. The Kier molecular flexibility index (Phi) is 6.17. The van der Waals surface area contributed by atoms with Crippen LogP contribution < -0.4 is 5.32 Å². The van der Waals surface area contributed by atoms with Crippen LogP contribution in [0.1, 0.15) is 54.4 Å². The molecule has 3 unspecified atom stereocenters. The van der Waals surface area contributed by atoms with Crippen molar-refractivity contribution in [3.05, 3.63) is 53.1 Å². The summed E-state index contributed by atoms with van der Waals surface area (Å²) in [5.41, 5.74) is 6.29. The molecule has 3 N–H and O–H groups in total. The molecular formula is C30H37N7O3. The van der Waals surface area contributed by atoms with E-state index in [0.717, 1.165) is 40.4 Å². The van der Waals surface area contributed by atoms with E-state index in [1.165, 1.54) is 19.3 Å². The zero-order valence-electron chi connectivity index (χ0n) is 23.4. The van der Waals surface area contributed by atoms with Crippen molar-refractivity contribution in [1.82, 2.24) is 29.3 Å². The Bertz CT molecular complexity index is 1560. The van der Waals surface area contributed by atoms with Gasteiger partial charge in [-0.15, -0.1) is 0 Å². The second-order valence-corrected chi connectivity index (χ2v) is 12.2. The van der Waals surface area contributed by atoms with Gasteiger partial charge in [0.05, 0.1) is 18.6 Å². The van der Waals surface area contributed by atoms with Crippen LogP contribution in [-0.4, -0.2) is 63.9 Å².